The predicted molar refractivity (Wildman–Crippen MR) is 123 cm³/mol. The fraction of sp³-hybridized carbons (Fsp3) is 0.480. The molecule has 4 rings (SSSR count). The molecular weight excluding hydrogens is 469 g/mol. The number of alkyl halides is 3. The van der Waals surface area contributed by atoms with Gasteiger partial charge in [0.15, 0.2) is 0 Å². The molecule has 0 saturated carbocycles. The van der Waals surface area contributed by atoms with Gasteiger partial charge >= 0.3 is 6.18 Å². The second-order valence-electron chi connectivity index (χ2n) is 8.86. The number of likely N-dealkylation sites (tertiary alicyclic amines) is 1. The average Bonchev–Trinajstić information content (AvgIpc) is 3.28. The van der Waals surface area contributed by atoms with Crippen molar-refractivity contribution in [2.45, 2.75) is 50.0 Å². The van der Waals surface area contributed by atoms with Crippen molar-refractivity contribution in [3.63, 3.8) is 0 Å². The third kappa shape index (κ3) is 5.34. The summed E-state index contributed by atoms with van der Waals surface area (Å²) in [6, 6.07) is 12.0. The molecule has 2 saturated heterocycles. The summed E-state index contributed by atoms with van der Waals surface area (Å²) in [4.78, 5) is 15.7. The maximum Gasteiger partial charge on any atom is 0.416 e. The molecule has 2 aliphatic rings. The minimum absolute atomic E-state index is 0.0945. The van der Waals surface area contributed by atoms with Crippen LogP contribution in [-0.2, 0) is 15.7 Å². The van der Waals surface area contributed by atoms with Gasteiger partial charge in [0.25, 0.3) is 0 Å². The molecule has 9 heteroatoms. The van der Waals surface area contributed by atoms with Crippen LogP contribution in [0.15, 0.2) is 48.5 Å². The van der Waals surface area contributed by atoms with Gasteiger partial charge in [-0.05, 0) is 56.0 Å². The van der Waals surface area contributed by atoms with E-state index in [1.165, 1.54) is 12.1 Å². The van der Waals surface area contributed by atoms with Crippen LogP contribution in [0.3, 0.4) is 0 Å². The van der Waals surface area contributed by atoms with Crippen LogP contribution >= 0.6 is 11.6 Å². The Morgan fingerprint density at radius 1 is 1.21 bits per heavy atom. The van der Waals surface area contributed by atoms with Gasteiger partial charge in [-0.2, -0.15) is 13.2 Å². The zero-order chi connectivity index (χ0) is 24.3. The van der Waals surface area contributed by atoms with E-state index in [4.69, 9.17) is 21.1 Å². The fourth-order valence-corrected chi connectivity index (χ4v) is 5.08. The topological polar surface area (TPSA) is 50.8 Å². The fourth-order valence-electron chi connectivity index (χ4n) is 4.78. The van der Waals surface area contributed by atoms with Gasteiger partial charge < -0.3 is 14.8 Å². The second-order valence-corrected chi connectivity index (χ2v) is 9.27. The van der Waals surface area contributed by atoms with Crippen LogP contribution in [0, 0.1) is 0 Å². The SMILES string of the molecule is CC(NC(=O)C1(N2CC[C@@H](Oc3cccc(C(F)(F)F)c3)C2)CCOCC1)c1ccccc1Cl. The van der Waals surface area contributed by atoms with Crippen LogP contribution in [0.5, 0.6) is 5.75 Å². The van der Waals surface area contributed by atoms with E-state index in [0.29, 0.717) is 50.6 Å². The van der Waals surface area contributed by atoms with Gasteiger partial charge in [0.2, 0.25) is 5.91 Å². The maximum absolute atomic E-state index is 13.6. The molecule has 2 fully saturated rings. The number of carbonyl (C=O) groups is 1. The number of nitrogens with zero attached hydrogens (tertiary/aromatic N) is 1. The normalized spacial score (nSPS) is 21.7. The van der Waals surface area contributed by atoms with Crippen molar-refractivity contribution < 1.29 is 27.4 Å². The molecule has 2 aromatic rings. The lowest BCUT2D eigenvalue weighted by atomic mass is 9.86. The summed E-state index contributed by atoms with van der Waals surface area (Å²) in [6.45, 7) is 3.88. The Labute approximate surface area is 202 Å². The molecule has 1 unspecified atom stereocenters. The maximum atomic E-state index is 13.6. The van der Waals surface area contributed by atoms with E-state index in [2.05, 4.69) is 10.2 Å². The van der Waals surface area contributed by atoms with E-state index < -0.39 is 17.3 Å². The summed E-state index contributed by atoms with van der Waals surface area (Å²) < 4.78 is 50.6. The van der Waals surface area contributed by atoms with E-state index in [-0.39, 0.29) is 23.8 Å². The van der Waals surface area contributed by atoms with E-state index in [1.54, 1.807) is 6.07 Å². The number of hydrogen-bond acceptors (Lipinski definition) is 4. The van der Waals surface area contributed by atoms with Crippen molar-refractivity contribution in [2.75, 3.05) is 26.3 Å². The Hall–Kier alpha value is -2.29. The molecule has 0 aromatic heterocycles. The Morgan fingerprint density at radius 3 is 2.65 bits per heavy atom. The average molecular weight is 497 g/mol. The van der Waals surface area contributed by atoms with Gasteiger partial charge in [0, 0.05) is 31.3 Å². The number of carbonyl (C=O) groups excluding carboxylic acids is 1. The van der Waals surface area contributed by atoms with Crippen LogP contribution in [0.25, 0.3) is 0 Å². The highest BCUT2D eigenvalue weighted by Crippen LogP contribution is 2.35. The first-order valence-electron chi connectivity index (χ1n) is 11.4. The van der Waals surface area contributed by atoms with Crippen molar-refractivity contribution in [1.82, 2.24) is 10.2 Å². The Morgan fingerprint density at radius 2 is 1.94 bits per heavy atom. The molecule has 0 spiro atoms. The number of amides is 1. The molecular formula is C25H28ClF3N2O3. The molecule has 2 aromatic carbocycles. The van der Waals surface area contributed by atoms with Crippen LogP contribution < -0.4 is 10.1 Å². The number of hydrogen-bond donors (Lipinski definition) is 1. The van der Waals surface area contributed by atoms with Crippen molar-refractivity contribution in [2.24, 2.45) is 0 Å². The van der Waals surface area contributed by atoms with Crippen molar-refractivity contribution >= 4 is 17.5 Å². The number of nitrogens with one attached hydrogen (secondary N) is 1. The zero-order valence-electron chi connectivity index (χ0n) is 18.9. The van der Waals surface area contributed by atoms with E-state index >= 15 is 0 Å². The number of rotatable bonds is 6. The minimum Gasteiger partial charge on any atom is -0.489 e. The van der Waals surface area contributed by atoms with Crippen molar-refractivity contribution in [3.05, 3.63) is 64.7 Å². The van der Waals surface area contributed by atoms with Gasteiger partial charge in [-0.25, -0.2) is 0 Å². The highest BCUT2D eigenvalue weighted by Gasteiger charge is 2.48. The number of benzene rings is 2. The van der Waals surface area contributed by atoms with Gasteiger partial charge in [-0.1, -0.05) is 35.9 Å². The number of ether oxygens (including phenoxy) is 2. The highest BCUT2D eigenvalue weighted by atomic mass is 35.5. The van der Waals surface area contributed by atoms with Crippen LogP contribution in [0.2, 0.25) is 5.02 Å². The van der Waals surface area contributed by atoms with Gasteiger partial charge in [0.05, 0.1) is 11.6 Å². The Bertz CT molecular complexity index is 1010. The highest BCUT2D eigenvalue weighted by molar-refractivity contribution is 6.31. The lowest BCUT2D eigenvalue weighted by Crippen LogP contribution is -2.61. The molecule has 2 atom stereocenters. The summed E-state index contributed by atoms with van der Waals surface area (Å²) in [5.74, 6) is 0.0856. The molecule has 184 valence electrons. The molecule has 2 aliphatic heterocycles. The molecule has 1 amide bonds. The molecule has 0 radical (unpaired) electrons. The van der Waals surface area contributed by atoms with E-state index in [0.717, 1.165) is 17.7 Å². The molecule has 34 heavy (non-hydrogen) atoms. The second kappa shape index (κ2) is 10.1. The van der Waals surface area contributed by atoms with Gasteiger partial charge in [-0.3, -0.25) is 9.69 Å². The smallest absolute Gasteiger partial charge is 0.416 e. The number of halogens is 4. The lowest BCUT2D eigenvalue weighted by molar-refractivity contribution is -0.141. The predicted octanol–water partition coefficient (Wildman–Crippen LogP) is 5.24. The summed E-state index contributed by atoms with van der Waals surface area (Å²) >= 11 is 6.32. The monoisotopic (exact) mass is 496 g/mol. The van der Waals surface area contributed by atoms with E-state index in [1.807, 2.05) is 25.1 Å². The first-order chi connectivity index (χ1) is 16.2. The third-order valence-corrected chi connectivity index (χ3v) is 7.02. The Kier molecular flexibility index (Phi) is 7.40. The van der Waals surface area contributed by atoms with Gasteiger partial charge in [-0.15, -0.1) is 0 Å². The quantitative estimate of drug-likeness (QED) is 0.594. The van der Waals surface area contributed by atoms with Crippen molar-refractivity contribution in [1.29, 1.82) is 0 Å². The minimum atomic E-state index is -4.43. The summed E-state index contributed by atoms with van der Waals surface area (Å²) in [7, 11) is 0. The molecule has 5 nitrogen and oxygen atoms in total. The Balaban J connectivity index is 1.47. The standard InChI is InChI=1S/C25H28ClF3N2O3/c1-17(21-7-2-3-8-22(21)26)30-23(32)24(10-13-33-14-11-24)31-12-9-20(16-31)34-19-6-4-5-18(15-19)25(27,28)29/h2-8,15,17,20H,9-14,16H2,1H3,(H,30,32)/t17?,20-/m1/s1. The largest absolute Gasteiger partial charge is 0.489 e. The summed E-state index contributed by atoms with van der Waals surface area (Å²) in [6.07, 6.45) is -3.05. The van der Waals surface area contributed by atoms with Crippen molar-refractivity contribution in [3.8, 4) is 5.75 Å². The summed E-state index contributed by atoms with van der Waals surface area (Å²) in [5.41, 5.74) is -0.666. The first kappa shape index (κ1) is 24.8. The van der Waals surface area contributed by atoms with Gasteiger partial charge in [0.1, 0.15) is 17.4 Å². The van der Waals surface area contributed by atoms with Crippen LogP contribution in [-0.4, -0.2) is 48.8 Å². The first-order valence-corrected chi connectivity index (χ1v) is 11.8. The summed E-state index contributed by atoms with van der Waals surface area (Å²) in [5, 5.41) is 3.72. The molecule has 0 aliphatic carbocycles. The molecule has 0 bridgehead atoms. The molecule has 2 heterocycles. The van der Waals surface area contributed by atoms with E-state index in [9.17, 15) is 18.0 Å². The van der Waals surface area contributed by atoms with Crippen LogP contribution in [0.4, 0.5) is 13.2 Å². The zero-order valence-corrected chi connectivity index (χ0v) is 19.7. The third-order valence-electron chi connectivity index (χ3n) is 6.68. The van der Waals surface area contributed by atoms with Crippen LogP contribution in [0.1, 0.15) is 43.4 Å². The lowest BCUT2D eigenvalue weighted by Gasteiger charge is -2.43. The molecule has 1 N–H and O–H groups in total.